The number of morpholine rings is 1. The first kappa shape index (κ1) is 39.1. The number of carbonyl (C=O) groups excluding carboxylic acids is 3. The van der Waals surface area contributed by atoms with E-state index in [0.717, 1.165) is 36.7 Å². The summed E-state index contributed by atoms with van der Waals surface area (Å²) in [6, 6.07) is 8.19. The van der Waals surface area contributed by atoms with Gasteiger partial charge in [-0.25, -0.2) is 27.7 Å². The van der Waals surface area contributed by atoms with Crippen LogP contribution in [0.25, 0.3) is 0 Å². The fourth-order valence-corrected chi connectivity index (χ4v) is 5.36. The number of hydrogen-bond acceptors (Lipinski definition) is 9. The molecule has 276 valence electrons. The molecule has 1 aliphatic heterocycles. The maximum absolute atomic E-state index is 15.5. The Labute approximate surface area is 289 Å². The highest BCUT2D eigenvalue weighted by Crippen LogP contribution is 2.32. The van der Waals surface area contributed by atoms with Gasteiger partial charge in [0.25, 0.3) is 5.91 Å². The Morgan fingerprint density at radius 1 is 1.02 bits per heavy atom. The van der Waals surface area contributed by atoms with Crippen LogP contribution < -0.4 is 21.3 Å². The summed E-state index contributed by atoms with van der Waals surface area (Å²) in [6.45, 7) is 1.49. The molecule has 17 heteroatoms. The molecular formula is C34H37F6N5O6. The van der Waals surface area contributed by atoms with Crippen molar-refractivity contribution in [3.8, 4) is 0 Å². The largest absolute Gasteiger partial charge is 0.448 e. The molecule has 0 unspecified atom stereocenters. The minimum absolute atomic E-state index is 0.0112. The van der Waals surface area contributed by atoms with Gasteiger partial charge in [0.15, 0.2) is 0 Å². The Kier molecular flexibility index (Phi) is 13.4. The zero-order valence-electron chi connectivity index (χ0n) is 27.6. The van der Waals surface area contributed by atoms with Crippen LogP contribution in [0.5, 0.6) is 0 Å². The molecule has 3 aromatic rings. The van der Waals surface area contributed by atoms with Crippen molar-refractivity contribution in [2.45, 2.75) is 63.1 Å². The Morgan fingerprint density at radius 3 is 2.16 bits per heavy atom. The first-order valence-electron chi connectivity index (χ1n) is 15.9. The number of amides is 3. The number of nitrogens with two attached hydrogens (primary N) is 1. The summed E-state index contributed by atoms with van der Waals surface area (Å²) in [5.41, 5.74) is 7.01. The van der Waals surface area contributed by atoms with Crippen molar-refractivity contribution in [3.63, 3.8) is 0 Å². The van der Waals surface area contributed by atoms with Gasteiger partial charge < -0.3 is 30.6 Å². The third kappa shape index (κ3) is 11.1. The molecule has 0 bridgehead atoms. The van der Waals surface area contributed by atoms with Crippen LogP contribution >= 0.6 is 0 Å². The predicted molar refractivity (Wildman–Crippen MR) is 171 cm³/mol. The zero-order valence-corrected chi connectivity index (χ0v) is 27.6. The van der Waals surface area contributed by atoms with E-state index in [1.807, 2.05) is 0 Å². The van der Waals surface area contributed by atoms with Gasteiger partial charge in [0.05, 0.1) is 49.0 Å². The average molecular weight is 726 g/mol. The van der Waals surface area contributed by atoms with Crippen molar-refractivity contribution in [2.24, 2.45) is 5.73 Å². The van der Waals surface area contributed by atoms with Crippen LogP contribution in [0.3, 0.4) is 0 Å². The van der Waals surface area contributed by atoms with Gasteiger partial charge >= 0.3 is 18.4 Å². The molecular weight excluding hydrogens is 688 g/mol. The highest BCUT2D eigenvalue weighted by molar-refractivity contribution is 6.15. The Hall–Kier alpha value is -4.74. The van der Waals surface area contributed by atoms with E-state index >= 15 is 4.39 Å². The summed E-state index contributed by atoms with van der Waals surface area (Å²) in [5.74, 6) is -3.97. The third-order valence-corrected chi connectivity index (χ3v) is 7.80. The van der Waals surface area contributed by atoms with Crippen LogP contribution in [0.15, 0.2) is 60.9 Å². The number of alkyl carbamates (subject to hydrolysis) is 1. The quantitative estimate of drug-likeness (QED) is 0.217. The fourth-order valence-electron chi connectivity index (χ4n) is 5.36. The second-order valence-corrected chi connectivity index (χ2v) is 12.0. The van der Waals surface area contributed by atoms with Gasteiger partial charge in [0, 0.05) is 18.0 Å². The zero-order chi connectivity index (χ0) is 37.3. The number of halogens is 6. The summed E-state index contributed by atoms with van der Waals surface area (Å²) in [6.07, 6.45) is -6.08. The number of alkyl halides is 3. The van der Waals surface area contributed by atoms with Crippen LogP contribution in [-0.2, 0) is 25.4 Å². The number of hydrogen-bond donors (Lipinski definition) is 3. The molecule has 4 N–H and O–H groups in total. The van der Waals surface area contributed by atoms with Gasteiger partial charge in [-0.3, -0.25) is 9.78 Å². The summed E-state index contributed by atoms with van der Waals surface area (Å²) < 4.78 is 96.0. The van der Waals surface area contributed by atoms with E-state index in [1.54, 1.807) is 19.2 Å². The number of ether oxygens (including phenoxy) is 3. The molecule has 2 heterocycles. The lowest BCUT2D eigenvalue weighted by atomic mass is 9.84. The summed E-state index contributed by atoms with van der Waals surface area (Å²) in [7, 11) is 0. The highest BCUT2D eigenvalue weighted by atomic mass is 19.4. The molecule has 3 atom stereocenters. The fraction of sp³-hybridized carbons (Fsp3) is 0.412. The number of anilines is 1. The van der Waals surface area contributed by atoms with Crippen molar-refractivity contribution >= 4 is 23.8 Å². The van der Waals surface area contributed by atoms with Gasteiger partial charge in [-0.2, -0.15) is 13.2 Å². The van der Waals surface area contributed by atoms with E-state index in [2.05, 4.69) is 10.3 Å². The van der Waals surface area contributed by atoms with Crippen LogP contribution in [0, 0.1) is 17.5 Å². The van der Waals surface area contributed by atoms with E-state index in [0.29, 0.717) is 16.0 Å². The highest BCUT2D eigenvalue weighted by Gasteiger charge is 2.38. The van der Waals surface area contributed by atoms with Gasteiger partial charge in [0.1, 0.15) is 30.6 Å². The smallest absolute Gasteiger partial charge is 0.421 e. The number of nitrogens with zero attached hydrogens (tertiary/aromatic N) is 2. The molecule has 1 aliphatic rings. The summed E-state index contributed by atoms with van der Waals surface area (Å²) >= 11 is 0. The second-order valence-electron chi connectivity index (χ2n) is 12.0. The number of pyridine rings is 1. The molecule has 3 amide bonds. The van der Waals surface area contributed by atoms with E-state index < -0.39 is 78.5 Å². The molecule has 51 heavy (non-hydrogen) atoms. The third-order valence-electron chi connectivity index (χ3n) is 7.80. The van der Waals surface area contributed by atoms with Crippen molar-refractivity contribution in [1.29, 1.82) is 0 Å². The summed E-state index contributed by atoms with van der Waals surface area (Å²) in [4.78, 5) is 43.8. The Morgan fingerprint density at radius 2 is 1.63 bits per heavy atom. The lowest BCUT2D eigenvalue weighted by Crippen LogP contribution is -2.51. The van der Waals surface area contributed by atoms with E-state index in [9.17, 15) is 36.3 Å². The summed E-state index contributed by atoms with van der Waals surface area (Å²) in [5, 5.41) is 4.65. The Balaban J connectivity index is 1.53. The van der Waals surface area contributed by atoms with Gasteiger partial charge in [-0.1, -0.05) is 24.3 Å². The number of aromatic nitrogens is 1. The van der Waals surface area contributed by atoms with Crippen LogP contribution in [0.4, 0.5) is 41.6 Å². The van der Waals surface area contributed by atoms with E-state index in [1.165, 1.54) is 24.3 Å². The molecule has 2 aromatic carbocycles. The maximum atomic E-state index is 15.5. The number of nitrogens with one attached hydrogen (secondary N) is 2. The van der Waals surface area contributed by atoms with E-state index in [4.69, 9.17) is 19.9 Å². The van der Waals surface area contributed by atoms with Crippen LogP contribution in [0.1, 0.15) is 42.9 Å². The number of imide groups is 1. The molecule has 11 nitrogen and oxygen atoms in total. The maximum Gasteiger partial charge on any atom is 0.421 e. The lowest BCUT2D eigenvalue weighted by molar-refractivity contribution is -0.124. The van der Waals surface area contributed by atoms with Gasteiger partial charge in [0.2, 0.25) is 0 Å². The molecule has 0 radical (unpaired) electrons. The number of benzene rings is 2. The first-order chi connectivity index (χ1) is 24.1. The van der Waals surface area contributed by atoms with E-state index in [-0.39, 0.29) is 43.9 Å². The predicted octanol–water partition coefficient (Wildman–Crippen LogP) is 5.11. The molecule has 1 saturated heterocycles. The van der Waals surface area contributed by atoms with Gasteiger partial charge in [-0.05, 0) is 62.1 Å². The molecule has 1 aromatic heterocycles. The van der Waals surface area contributed by atoms with Crippen LogP contribution in [0.2, 0.25) is 0 Å². The SMILES string of the molecule is CC(C)OC(=O)N(C(=O)[C@@H](N)C(c1ccc(F)cc1)c1ccc(F)cc1)c1cncc(F)c1CC[C@@H]1CN[C@H](COC(=O)NCC(F)(F)F)CO1. The topological polar surface area (TPSA) is 145 Å². The van der Waals surface area contributed by atoms with Crippen molar-refractivity contribution in [1.82, 2.24) is 15.6 Å². The first-order valence-corrected chi connectivity index (χ1v) is 15.9. The minimum Gasteiger partial charge on any atom is -0.448 e. The monoisotopic (exact) mass is 725 g/mol. The number of carbonyl (C=O) groups is 3. The molecule has 1 fully saturated rings. The average Bonchev–Trinajstić information content (AvgIpc) is 3.07. The van der Waals surface area contributed by atoms with Crippen molar-refractivity contribution < 1.29 is 54.9 Å². The molecule has 0 saturated carbocycles. The molecule has 0 aliphatic carbocycles. The number of rotatable bonds is 12. The standard InChI is InChI=1S/C34H37F6N5O6/c1-19(2)51-33(48)45(31(46)30(41)29(20-3-7-22(35)8-4-20)21-5-9-23(36)10-6-21)28-15-42-14-27(37)26(28)12-11-25-13-43-24(16-49-25)17-50-32(47)44-18-34(38,39)40/h3-10,14-15,19,24-25,29-30,43H,11-13,16-18,41H2,1-2H3,(H,44,47)/t24-,25+,30-/m0/s1. The lowest BCUT2D eigenvalue weighted by Gasteiger charge is -2.31. The van der Waals surface area contributed by atoms with Crippen molar-refractivity contribution in [2.75, 3.05) is 31.2 Å². The van der Waals surface area contributed by atoms with Crippen LogP contribution in [-0.4, -0.2) is 79.8 Å². The molecule has 0 spiro atoms. The second kappa shape index (κ2) is 17.5. The van der Waals surface area contributed by atoms with Crippen molar-refractivity contribution in [3.05, 3.63) is 95.1 Å². The van der Waals surface area contributed by atoms with Gasteiger partial charge in [-0.15, -0.1) is 0 Å². The minimum atomic E-state index is -4.59. The normalized spacial score (nSPS) is 16.8. The Bertz CT molecular complexity index is 1590. The molecule has 4 rings (SSSR count).